The van der Waals surface area contributed by atoms with Gasteiger partial charge in [-0.15, -0.1) is 0 Å². The Morgan fingerprint density at radius 2 is 0.909 bits per heavy atom. The third-order valence-electron chi connectivity index (χ3n) is 3.47. The van der Waals surface area contributed by atoms with Crippen LogP contribution in [0.25, 0.3) is 0 Å². The van der Waals surface area contributed by atoms with E-state index in [2.05, 4.69) is 7.57 Å². The fraction of sp³-hybridized carbons (Fsp3) is 0.250. The first-order valence-electron chi connectivity index (χ1n) is 6.83. The molecule has 22 heavy (non-hydrogen) atoms. The summed E-state index contributed by atoms with van der Waals surface area (Å²) >= 11 is 0. The SMILES string of the molecule is BP(c1c(OC)cccc1OC)c1c(OC)cccc1OC. The van der Waals surface area contributed by atoms with Crippen LogP contribution in [0.4, 0.5) is 0 Å². The maximum Gasteiger partial charge on any atom is 0.146 e. The summed E-state index contributed by atoms with van der Waals surface area (Å²) in [6, 6.07) is 11.6. The van der Waals surface area contributed by atoms with Crippen molar-refractivity contribution in [3.8, 4) is 23.0 Å². The Morgan fingerprint density at radius 1 is 0.636 bits per heavy atom. The standard InChI is InChI=1S/C16H20BO4P/c1-18-11-7-5-8-12(19-2)15(11)22(17)16-13(20-3)9-6-10-14(16)21-4/h5-10H,17H2,1-4H3. The minimum Gasteiger partial charge on any atom is -0.496 e. The largest absolute Gasteiger partial charge is 0.496 e. The summed E-state index contributed by atoms with van der Waals surface area (Å²) in [6.45, 7) is 0. The smallest absolute Gasteiger partial charge is 0.146 e. The van der Waals surface area contributed by atoms with E-state index in [9.17, 15) is 0 Å². The van der Waals surface area contributed by atoms with Crippen molar-refractivity contribution in [1.29, 1.82) is 0 Å². The Kier molecular flexibility index (Phi) is 5.56. The Hall–Kier alpha value is -1.87. The molecule has 0 atom stereocenters. The van der Waals surface area contributed by atoms with Crippen LogP contribution in [0.5, 0.6) is 23.0 Å². The Morgan fingerprint density at radius 3 is 1.14 bits per heavy atom. The predicted molar refractivity (Wildman–Crippen MR) is 93.8 cm³/mol. The molecule has 0 radical (unpaired) electrons. The van der Waals surface area contributed by atoms with Crippen molar-refractivity contribution in [3.63, 3.8) is 0 Å². The van der Waals surface area contributed by atoms with Crippen LogP contribution >= 0.6 is 7.80 Å². The fourth-order valence-corrected chi connectivity index (χ4v) is 4.65. The lowest BCUT2D eigenvalue weighted by molar-refractivity contribution is 0.399. The number of hydrogen-bond acceptors (Lipinski definition) is 4. The molecule has 0 spiro atoms. The van der Waals surface area contributed by atoms with Crippen molar-refractivity contribution in [2.75, 3.05) is 28.4 Å². The van der Waals surface area contributed by atoms with Crippen LogP contribution in [0.2, 0.25) is 0 Å². The van der Waals surface area contributed by atoms with E-state index in [1.54, 1.807) is 28.4 Å². The summed E-state index contributed by atoms with van der Waals surface area (Å²) in [6.07, 6.45) is 0. The third-order valence-corrected chi connectivity index (χ3v) is 5.70. The summed E-state index contributed by atoms with van der Waals surface area (Å²) in [5.74, 6) is 3.23. The average Bonchev–Trinajstić information content (AvgIpc) is 2.59. The second kappa shape index (κ2) is 7.41. The molecule has 0 saturated heterocycles. The van der Waals surface area contributed by atoms with E-state index >= 15 is 0 Å². The molecule has 0 aliphatic heterocycles. The van der Waals surface area contributed by atoms with Crippen LogP contribution in [-0.4, -0.2) is 36.0 Å². The normalized spacial score (nSPS) is 10.4. The van der Waals surface area contributed by atoms with Crippen molar-refractivity contribution < 1.29 is 18.9 Å². The Labute approximate surface area is 133 Å². The van der Waals surface area contributed by atoms with Crippen molar-refractivity contribution in [2.24, 2.45) is 0 Å². The Bertz CT molecular complexity index is 548. The first kappa shape index (κ1) is 16.5. The first-order chi connectivity index (χ1) is 10.7. The predicted octanol–water partition coefficient (Wildman–Crippen LogP) is 1.70. The molecule has 2 aromatic rings. The number of rotatable bonds is 6. The van der Waals surface area contributed by atoms with Gasteiger partial charge in [-0.05, 0) is 24.3 Å². The van der Waals surface area contributed by atoms with Gasteiger partial charge in [-0.3, -0.25) is 0 Å². The molecule has 2 rings (SSSR count). The zero-order valence-electron chi connectivity index (χ0n) is 13.5. The van der Waals surface area contributed by atoms with Gasteiger partial charge in [-0.2, -0.15) is 0 Å². The lowest BCUT2D eigenvalue weighted by Crippen LogP contribution is -2.19. The number of hydrogen-bond donors (Lipinski definition) is 0. The summed E-state index contributed by atoms with van der Waals surface area (Å²) in [5.41, 5.74) is 0. The lowest BCUT2D eigenvalue weighted by Gasteiger charge is -2.23. The topological polar surface area (TPSA) is 36.9 Å². The maximum absolute atomic E-state index is 5.53. The van der Waals surface area contributed by atoms with E-state index in [-0.39, 0.29) is 0 Å². The number of ether oxygens (including phenoxy) is 4. The van der Waals surface area contributed by atoms with Gasteiger partial charge in [0, 0.05) is 0 Å². The molecule has 0 heterocycles. The zero-order valence-corrected chi connectivity index (χ0v) is 14.4. The molecule has 0 aromatic heterocycles. The molecule has 2 aromatic carbocycles. The third kappa shape index (κ3) is 3.00. The molecule has 0 aliphatic carbocycles. The Balaban J connectivity index is 2.65. The van der Waals surface area contributed by atoms with Gasteiger partial charge in [0.2, 0.25) is 0 Å². The molecule has 0 N–H and O–H groups in total. The highest BCUT2D eigenvalue weighted by atomic mass is 31.1. The molecule has 0 saturated carbocycles. The van der Waals surface area contributed by atoms with Crippen LogP contribution in [0, 0.1) is 0 Å². The van der Waals surface area contributed by atoms with Gasteiger partial charge in [-0.1, -0.05) is 19.9 Å². The first-order valence-corrected chi connectivity index (χ1v) is 8.62. The molecule has 6 heteroatoms. The van der Waals surface area contributed by atoms with E-state index in [1.165, 1.54) is 0 Å². The van der Waals surface area contributed by atoms with Crippen molar-refractivity contribution in [1.82, 2.24) is 0 Å². The van der Waals surface area contributed by atoms with Crippen molar-refractivity contribution >= 4 is 26.0 Å². The molecule has 0 bridgehead atoms. The monoisotopic (exact) mass is 318 g/mol. The molecule has 4 nitrogen and oxygen atoms in total. The van der Waals surface area contributed by atoms with Gasteiger partial charge in [0.05, 0.1) is 39.0 Å². The van der Waals surface area contributed by atoms with Crippen LogP contribution in [0.3, 0.4) is 0 Å². The van der Waals surface area contributed by atoms with Crippen LogP contribution < -0.4 is 29.6 Å². The molecule has 0 aliphatic rings. The highest BCUT2D eigenvalue weighted by Gasteiger charge is 2.24. The lowest BCUT2D eigenvalue weighted by atomic mass is 10.3. The summed E-state index contributed by atoms with van der Waals surface area (Å²) in [7, 11) is 8.04. The molecule has 116 valence electrons. The fourth-order valence-electron chi connectivity index (χ4n) is 2.44. The second-order valence-corrected chi connectivity index (χ2v) is 6.59. The van der Waals surface area contributed by atoms with E-state index in [4.69, 9.17) is 18.9 Å². The average molecular weight is 318 g/mol. The van der Waals surface area contributed by atoms with E-state index in [0.29, 0.717) is 0 Å². The minimum absolute atomic E-state index is 0.777. The van der Waals surface area contributed by atoms with Crippen molar-refractivity contribution in [3.05, 3.63) is 36.4 Å². The maximum atomic E-state index is 5.53. The molecular formula is C16H20BO4P. The summed E-state index contributed by atoms with van der Waals surface area (Å²) in [4.78, 5) is 0. The van der Waals surface area contributed by atoms with Gasteiger partial charge in [0.25, 0.3) is 0 Å². The van der Waals surface area contributed by atoms with Gasteiger partial charge in [0.15, 0.2) is 0 Å². The highest BCUT2D eigenvalue weighted by molar-refractivity contribution is 7.94. The number of methoxy groups -OCH3 is 4. The summed E-state index contributed by atoms with van der Waals surface area (Å²) < 4.78 is 22.1. The van der Waals surface area contributed by atoms with Crippen molar-refractivity contribution in [2.45, 2.75) is 0 Å². The molecule has 0 unspecified atom stereocenters. The quantitative estimate of drug-likeness (QED) is 0.600. The van der Waals surface area contributed by atoms with Gasteiger partial charge in [0.1, 0.15) is 30.6 Å². The molecular weight excluding hydrogens is 298 g/mol. The zero-order chi connectivity index (χ0) is 16.1. The highest BCUT2D eigenvalue weighted by Crippen LogP contribution is 2.42. The molecule has 0 fully saturated rings. The van der Waals surface area contributed by atoms with E-state index < -0.39 is 7.80 Å². The van der Waals surface area contributed by atoms with Crippen LogP contribution in [-0.2, 0) is 0 Å². The number of benzene rings is 2. The van der Waals surface area contributed by atoms with Crippen LogP contribution in [0.15, 0.2) is 36.4 Å². The summed E-state index contributed by atoms with van der Waals surface area (Å²) in [5, 5.41) is 2.07. The van der Waals surface area contributed by atoms with Gasteiger partial charge in [-0.25, -0.2) is 0 Å². The van der Waals surface area contributed by atoms with Gasteiger partial charge < -0.3 is 18.9 Å². The molecule has 0 amide bonds. The van der Waals surface area contributed by atoms with Gasteiger partial charge >= 0.3 is 0 Å². The van der Waals surface area contributed by atoms with E-state index in [0.717, 1.165) is 33.6 Å². The minimum atomic E-state index is -0.777. The van der Waals surface area contributed by atoms with E-state index in [1.807, 2.05) is 36.4 Å². The van der Waals surface area contributed by atoms with Crippen LogP contribution in [0.1, 0.15) is 0 Å². The second-order valence-electron chi connectivity index (χ2n) is 4.58.